The number of aliphatic hydroxyl groups is 1. The standard InChI is InChI=1S/C26H34O6/c1-17(27)32-20-15-23(4)8-5-9-24-19(28)7-10-22(2,3)25(20,24)12-13-31-26(23,24)11-6-18-14-21(29)30-16-18/h5,8,12-14,19-20,28H,6-7,9-11,15-16H2,1-4H3/t19-,20+,23-,24+,25-,26+/m0/s1. The van der Waals surface area contributed by atoms with Crippen LogP contribution in [0.2, 0.25) is 0 Å². The molecule has 3 aliphatic carbocycles. The lowest BCUT2D eigenvalue weighted by Gasteiger charge is -2.77. The van der Waals surface area contributed by atoms with Gasteiger partial charge in [-0.15, -0.1) is 0 Å². The monoisotopic (exact) mass is 442 g/mol. The lowest BCUT2D eigenvalue weighted by molar-refractivity contribution is -0.347. The molecule has 2 aliphatic heterocycles. The van der Waals surface area contributed by atoms with Crippen LogP contribution in [0, 0.1) is 21.7 Å². The van der Waals surface area contributed by atoms with Gasteiger partial charge in [0.15, 0.2) is 0 Å². The summed E-state index contributed by atoms with van der Waals surface area (Å²) in [5, 5.41) is 11.8. The van der Waals surface area contributed by atoms with Crippen molar-refractivity contribution >= 4 is 11.9 Å². The first-order valence-corrected chi connectivity index (χ1v) is 11.8. The molecule has 6 nitrogen and oxygen atoms in total. The van der Waals surface area contributed by atoms with Crippen molar-refractivity contribution in [2.24, 2.45) is 21.7 Å². The van der Waals surface area contributed by atoms with E-state index in [0.717, 1.165) is 12.0 Å². The molecule has 1 spiro atoms. The zero-order valence-electron chi connectivity index (χ0n) is 19.5. The molecule has 0 aromatic heterocycles. The van der Waals surface area contributed by atoms with Crippen LogP contribution in [0.4, 0.5) is 0 Å². The Hall–Kier alpha value is -2.08. The molecular formula is C26H34O6. The van der Waals surface area contributed by atoms with Gasteiger partial charge in [0.25, 0.3) is 0 Å². The van der Waals surface area contributed by atoms with Gasteiger partial charge in [-0.3, -0.25) is 4.79 Å². The summed E-state index contributed by atoms with van der Waals surface area (Å²) in [7, 11) is 0. The average molecular weight is 443 g/mol. The molecule has 0 radical (unpaired) electrons. The number of esters is 2. The number of ether oxygens (including phenoxy) is 3. The Balaban J connectivity index is 1.72. The fourth-order valence-electron chi connectivity index (χ4n) is 8.33. The summed E-state index contributed by atoms with van der Waals surface area (Å²) in [6, 6.07) is 0. The van der Waals surface area contributed by atoms with Crippen molar-refractivity contribution in [2.75, 3.05) is 6.61 Å². The maximum atomic E-state index is 12.3. The molecule has 0 amide bonds. The molecule has 6 heteroatoms. The molecule has 0 aromatic carbocycles. The first kappa shape index (κ1) is 21.7. The smallest absolute Gasteiger partial charge is 0.331 e. The summed E-state index contributed by atoms with van der Waals surface area (Å²) in [4.78, 5) is 23.9. The van der Waals surface area contributed by atoms with E-state index < -0.39 is 27.9 Å². The van der Waals surface area contributed by atoms with E-state index in [0.29, 0.717) is 38.7 Å². The van der Waals surface area contributed by atoms with Crippen molar-refractivity contribution in [1.29, 1.82) is 0 Å². The van der Waals surface area contributed by atoms with Crippen LogP contribution < -0.4 is 0 Å². The molecular weight excluding hydrogens is 408 g/mol. The van der Waals surface area contributed by atoms with Gasteiger partial charge in [-0.2, -0.15) is 0 Å². The molecule has 32 heavy (non-hydrogen) atoms. The zero-order chi connectivity index (χ0) is 23.0. The lowest BCUT2D eigenvalue weighted by atomic mass is 9.29. The van der Waals surface area contributed by atoms with Crippen LogP contribution in [0.15, 0.2) is 36.1 Å². The van der Waals surface area contributed by atoms with Gasteiger partial charge in [0.05, 0.1) is 17.8 Å². The van der Waals surface area contributed by atoms with E-state index >= 15 is 0 Å². The molecule has 174 valence electrons. The Morgan fingerprint density at radius 2 is 2.06 bits per heavy atom. The van der Waals surface area contributed by atoms with E-state index in [-0.39, 0.29) is 23.5 Å². The van der Waals surface area contributed by atoms with Crippen molar-refractivity contribution in [1.82, 2.24) is 0 Å². The van der Waals surface area contributed by atoms with Crippen LogP contribution in [0.25, 0.3) is 0 Å². The molecule has 5 aliphatic rings. The van der Waals surface area contributed by atoms with Crippen molar-refractivity contribution in [2.45, 2.75) is 84.0 Å². The first-order valence-electron chi connectivity index (χ1n) is 11.8. The Morgan fingerprint density at radius 3 is 2.75 bits per heavy atom. The van der Waals surface area contributed by atoms with Crippen LogP contribution in [0.1, 0.15) is 66.2 Å². The third-order valence-corrected chi connectivity index (χ3v) is 9.58. The number of cyclic esters (lactones) is 1. The summed E-state index contributed by atoms with van der Waals surface area (Å²) in [5.74, 6) is -0.585. The van der Waals surface area contributed by atoms with Crippen LogP contribution in [-0.4, -0.2) is 41.5 Å². The largest absolute Gasteiger partial charge is 0.494 e. The first-order chi connectivity index (χ1) is 15.0. The predicted molar refractivity (Wildman–Crippen MR) is 117 cm³/mol. The van der Waals surface area contributed by atoms with Gasteiger partial charge in [-0.25, -0.2) is 4.79 Å². The van der Waals surface area contributed by atoms with Crippen molar-refractivity contribution < 1.29 is 28.9 Å². The van der Waals surface area contributed by atoms with Gasteiger partial charge in [-0.1, -0.05) is 32.9 Å². The minimum Gasteiger partial charge on any atom is -0.494 e. The van der Waals surface area contributed by atoms with Gasteiger partial charge in [0.1, 0.15) is 18.3 Å². The summed E-state index contributed by atoms with van der Waals surface area (Å²) < 4.78 is 17.9. The van der Waals surface area contributed by atoms with Crippen molar-refractivity contribution in [3.8, 4) is 0 Å². The van der Waals surface area contributed by atoms with Gasteiger partial charge >= 0.3 is 11.9 Å². The molecule has 2 fully saturated rings. The van der Waals surface area contributed by atoms with Crippen LogP contribution in [0.3, 0.4) is 0 Å². The van der Waals surface area contributed by atoms with Crippen LogP contribution >= 0.6 is 0 Å². The third kappa shape index (κ3) is 2.39. The number of rotatable bonds is 4. The minimum atomic E-state index is -0.691. The third-order valence-electron chi connectivity index (χ3n) is 9.58. The highest BCUT2D eigenvalue weighted by atomic mass is 16.5. The Bertz CT molecular complexity index is 946. The van der Waals surface area contributed by atoms with E-state index in [4.69, 9.17) is 14.2 Å². The summed E-state index contributed by atoms with van der Waals surface area (Å²) in [6.07, 6.45) is 13.0. The Kier molecular flexibility index (Phi) is 4.57. The molecule has 2 heterocycles. The SMILES string of the molecule is CC(=O)O[C@@H]1C[C@]2(C)C=CC[C@@]34[C@@H](O)CCC(C)(C)[C@]13C=CO[C@@]42CCC1=CC(=O)OC1. The molecule has 0 saturated heterocycles. The number of hydrogen-bond acceptors (Lipinski definition) is 6. The molecule has 2 saturated carbocycles. The second kappa shape index (κ2) is 6.72. The second-order valence-corrected chi connectivity index (χ2v) is 11.3. The van der Waals surface area contributed by atoms with Crippen LogP contribution in [-0.2, 0) is 23.8 Å². The topological polar surface area (TPSA) is 82.1 Å². The highest BCUT2D eigenvalue weighted by Crippen LogP contribution is 2.79. The maximum Gasteiger partial charge on any atom is 0.331 e. The summed E-state index contributed by atoms with van der Waals surface area (Å²) >= 11 is 0. The molecule has 5 rings (SSSR count). The van der Waals surface area contributed by atoms with E-state index in [1.165, 1.54) is 6.92 Å². The van der Waals surface area contributed by atoms with E-state index in [1.54, 1.807) is 12.3 Å². The fourth-order valence-corrected chi connectivity index (χ4v) is 8.33. The van der Waals surface area contributed by atoms with E-state index in [1.807, 2.05) is 0 Å². The van der Waals surface area contributed by atoms with E-state index in [2.05, 4.69) is 39.0 Å². The Labute approximate surface area is 189 Å². The number of aliphatic hydroxyl groups excluding tert-OH is 1. The highest BCUT2D eigenvalue weighted by Gasteiger charge is 2.82. The number of carbonyl (C=O) groups excluding carboxylic acids is 2. The number of hydrogen-bond donors (Lipinski definition) is 1. The fraction of sp³-hybridized carbons (Fsp3) is 0.692. The normalized spacial score (nSPS) is 45.4. The zero-order valence-corrected chi connectivity index (χ0v) is 19.5. The molecule has 1 N–H and O–H groups in total. The van der Waals surface area contributed by atoms with E-state index in [9.17, 15) is 14.7 Å². The summed E-state index contributed by atoms with van der Waals surface area (Å²) in [6.45, 7) is 8.44. The molecule has 0 aromatic rings. The maximum absolute atomic E-state index is 12.3. The Morgan fingerprint density at radius 1 is 1.28 bits per heavy atom. The number of carbonyl (C=O) groups is 2. The second-order valence-electron chi connectivity index (χ2n) is 11.3. The van der Waals surface area contributed by atoms with Crippen molar-refractivity contribution in [3.05, 3.63) is 36.1 Å². The van der Waals surface area contributed by atoms with Gasteiger partial charge in [-0.05, 0) is 55.6 Å². The lowest BCUT2D eigenvalue weighted by Crippen LogP contribution is -2.82. The number of allylic oxidation sites excluding steroid dienone is 1. The average Bonchev–Trinajstić information content (AvgIpc) is 3.12. The summed E-state index contributed by atoms with van der Waals surface area (Å²) in [5.41, 5.74) is -1.61. The van der Waals surface area contributed by atoms with Gasteiger partial charge < -0.3 is 19.3 Å². The van der Waals surface area contributed by atoms with Crippen LogP contribution in [0.5, 0.6) is 0 Å². The van der Waals surface area contributed by atoms with Gasteiger partial charge in [0.2, 0.25) is 0 Å². The van der Waals surface area contributed by atoms with Crippen molar-refractivity contribution in [3.63, 3.8) is 0 Å². The minimum absolute atomic E-state index is 0.212. The quantitative estimate of drug-likeness (QED) is 0.524. The molecule has 6 atom stereocenters. The highest BCUT2D eigenvalue weighted by molar-refractivity contribution is 5.85. The van der Waals surface area contributed by atoms with Gasteiger partial charge in [0, 0.05) is 23.8 Å². The molecule has 4 bridgehead atoms. The molecule has 0 unspecified atom stereocenters. The predicted octanol–water partition coefficient (Wildman–Crippen LogP) is 3.99.